The number of para-hydroxylation sites is 1. The molecule has 3 heteroatoms. The van der Waals surface area contributed by atoms with E-state index in [9.17, 15) is 0 Å². The zero-order valence-electron chi connectivity index (χ0n) is 16.2. The van der Waals surface area contributed by atoms with Gasteiger partial charge in [0.2, 0.25) is 0 Å². The van der Waals surface area contributed by atoms with Gasteiger partial charge >= 0.3 is 0 Å². The Morgan fingerprint density at radius 3 is 1.78 bits per heavy atom. The maximum atomic E-state index is 2.55. The molecule has 0 amide bonds. The average molecular weight is 355 g/mol. The van der Waals surface area contributed by atoms with Gasteiger partial charge in [-0.1, -0.05) is 53.6 Å². The summed E-state index contributed by atoms with van der Waals surface area (Å²) in [7, 11) is 2.21. The molecule has 2 heterocycles. The fraction of sp³-hybridized carbons (Fsp3) is 0.250. The van der Waals surface area contributed by atoms with Gasteiger partial charge in [-0.2, -0.15) is 0 Å². The van der Waals surface area contributed by atoms with E-state index < -0.39 is 0 Å². The normalized spacial score (nSPS) is 15.4. The summed E-state index contributed by atoms with van der Waals surface area (Å²) in [6.07, 6.45) is 0.179. The van der Waals surface area contributed by atoms with Gasteiger partial charge in [-0.05, 0) is 49.2 Å². The van der Waals surface area contributed by atoms with Crippen LogP contribution in [0.2, 0.25) is 0 Å². The molecule has 3 aromatic carbocycles. The summed E-state index contributed by atoms with van der Waals surface area (Å²) in [6, 6.07) is 24.4. The Balaban J connectivity index is 1.66. The Morgan fingerprint density at radius 1 is 0.741 bits per heavy atom. The average Bonchev–Trinajstić information content (AvgIpc) is 2.67. The van der Waals surface area contributed by atoms with Crippen LogP contribution in [0.25, 0.3) is 0 Å². The first-order chi connectivity index (χ1) is 13.1. The van der Waals surface area contributed by atoms with Crippen molar-refractivity contribution in [1.29, 1.82) is 0 Å². The van der Waals surface area contributed by atoms with E-state index in [1.807, 2.05) is 0 Å². The third-order valence-electron chi connectivity index (χ3n) is 5.84. The highest BCUT2D eigenvalue weighted by atomic mass is 15.5. The molecule has 5 rings (SSSR count). The minimum atomic E-state index is 0.179. The highest BCUT2D eigenvalue weighted by Crippen LogP contribution is 2.43. The van der Waals surface area contributed by atoms with Gasteiger partial charge in [0.25, 0.3) is 0 Å². The predicted octanol–water partition coefficient (Wildman–Crippen LogP) is 5.06. The Bertz CT molecular complexity index is 936. The standard InChI is InChI=1S/C24H25N3/c1-17-9-11-22-19(13-17)15-26-23-12-10-18(2)14-20(23)16-27(22)24(26)25(3)21-7-5-4-6-8-21/h4-14,24H,15-16H2,1-3H3. The Hall–Kier alpha value is -2.94. The van der Waals surface area contributed by atoms with Crippen molar-refractivity contribution in [1.82, 2.24) is 0 Å². The summed E-state index contributed by atoms with van der Waals surface area (Å²) in [6.45, 7) is 6.23. The van der Waals surface area contributed by atoms with Gasteiger partial charge in [0.1, 0.15) is 0 Å². The van der Waals surface area contributed by atoms with E-state index in [4.69, 9.17) is 0 Å². The summed E-state index contributed by atoms with van der Waals surface area (Å²) < 4.78 is 0. The monoisotopic (exact) mass is 355 g/mol. The lowest BCUT2D eigenvalue weighted by molar-refractivity contribution is 0.493. The molecule has 0 N–H and O–H groups in total. The lowest BCUT2D eigenvalue weighted by atomic mass is 9.97. The molecule has 136 valence electrons. The fourth-order valence-electron chi connectivity index (χ4n) is 4.57. The van der Waals surface area contributed by atoms with Crippen LogP contribution in [0.3, 0.4) is 0 Å². The molecule has 3 nitrogen and oxygen atoms in total. The van der Waals surface area contributed by atoms with E-state index in [0.29, 0.717) is 0 Å². The third-order valence-corrected chi connectivity index (χ3v) is 5.84. The first-order valence-corrected chi connectivity index (χ1v) is 9.62. The van der Waals surface area contributed by atoms with E-state index >= 15 is 0 Å². The van der Waals surface area contributed by atoms with Crippen LogP contribution in [-0.2, 0) is 13.1 Å². The quantitative estimate of drug-likeness (QED) is 0.636. The van der Waals surface area contributed by atoms with E-state index in [1.165, 1.54) is 39.3 Å². The molecule has 2 bridgehead atoms. The molecule has 2 aliphatic heterocycles. The summed E-state index contributed by atoms with van der Waals surface area (Å²) in [5, 5.41) is 0. The van der Waals surface area contributed by atoms with Gasteiger partial charge in [0, 0.05) is 37.2 Å². The number of fused-ring (bicyclic) bond motifs is 6. The molecule has 2 aliphatic rings. The molecule has 0 radical (unpaired) electrons. The number of hydrogen-bond acceptors (Lipinski definition) is 3. The minimum absolute atomic E-state index is 0.179. The second-order valence-electron chi connectivity index (χ2n) is 7.81. The number of hydrogen-bond donors (Lipinski definition) is 0. The highest BCUT2D eigenvalue weighted by molar-refractivity contribution is 5.71. The first-order valence-electron chi connectivity index (χ1n) is 9.62. The highest BCUT2D eigenvalue weighted by Gasteiger charge is 2.40. The van der Waals surface area contributed by atoms with Crippen LogP contribution in [0.4, 0.5) is 17.1 Å². The third kappa shape index (κ3) is 2.57. The van der Waals surface area contributed by atoms with E-state index in [0.717, 1.165) is 13.1 Å². The first kappa shape index (κ1) is 16.2. The molecular formula is C24H25N3. The SMILES string of the molecule is Cc1ccc2c(c1)CN1c3ccc(C)cc3CN2C1N(C)c1ccccc1. The molecule has 0 spiro atoms. The van der Waals surface area contributed by atoms with Gasteiger partial charge < -0.3 is 14.7 Å². The molecule has 27 heavy (non-hydrogen) atoms. The number of nitrogens with zero attached hydrogens (tertiary/aromatic N) is 3. The van der Waals surface area contributed by atoms with Crippen molar-refractivity contribution in [2.24, 2.45) is 0 Å². The Kier molecular flexibility index (Phi) is 3.64. The summed E-state index contributed by atoms with van der Waals surface area (Å²) in [4.78, 5) is 7.49. The predicted molar refractivity (Wildman–Crippen MR) is 113 cm³/mol. The van der Waals surface area contributed by atoms with E-state index in [2.05, 4.69) is 102 Å². The number of aryl methyl sites for hydroxylation is 2. The topological polar surface area (TPSA) is 9.72 Å². The van der Waals surface area contributed by atoms with Crippen LogP contribution in [0.5, 0.6) is 0 Å². The summed E-state index contributed by atoms with van der Waals surface area (Å²) in [5.41, 5.74) is 9.44. The molecule has 0 saturated heterocycles. The molecule has 0 fully saturated rings. The molecule has 0 aliphatic carbocycles. The van der Waals surface area contributed by atoms with Crippen LogP contribution in [-0.4, -0.2) is 13.3 Å². The van der Waals surface area contributed by atoms with E-state index in [-0.39, 0.29) is 6.29 Å². The van der Waals surface area contributed by atoms with Crippen molar-refractivity contribution in [3.63, 3.8) is 0 Å². The van der Waals surface area contributed by atoms with Gasteiger partial charge in [0.15, 0.2) is 6.29 Å². The van der Waals surface area contributed by atoms with Gasteiger partial charge in [0.05, 0.1) is 0 Å². The van der Waals surface area contributed by atoms with Crippen molar-refractivity contribution in [2.75, 3.05) is 21.7 Å². The molecular weight excluding hydrogens is 330 g/mol. The molecule has 0 saturated carbocycles. The minimum Gasteiger partial charge on any atom is -0.337 e. The summed E-state index contributed by atoms with van der Waals surface area (Å²) in [5.74, 6) is 0. The van der Waals surface area contributed by atoms with E-state index in [1.54, 1.807) is 0 Å². The van der Waals surface area contributed by atoms with Gasteiger partial charge in [-0.25, -0.2) is 0 Å². The number of rotatable bonds is 2. The van der Waals surface area contributed by atoms with Crippen molar-refractivity contribution in [3.8, 4) is 0 Å². The van der Waals surface area contributed by atoms with Crippen LogP contribution in [0, 0.1) is 13.8 Å². The van der Waals surface area contributed by atoms with Crippen molar-refractivity contribution in [3.05, 3.63) is 89.0 Å². The Labute approximate surface area is 161 Å². The van der Waals surface area contributed by atoms with Crippen LogP contribution in [0.15, 0.2) is 66.7 Å². The van der Waals surface area contributed by atoms with Gasteiger partial charge in [-0.3, -0.25) is 0 Å². The van der Waals surface area contributed by atoms with Crippen LogP contribution < -0.4 is 14.7 Å². The van der Waals surface area contributed by atoms with Crippen LogP contribution >= 0.6 is 0 Å². The number of anilines is 3. The molecule has 0 unspecified atom stereocenters. The molecule has 0 aromatic heterocycles. The summed E-state index contributed by atoms with van der Waals surface area (Å²) >= 11 is 0. The maximum Gasteiger partial charge on any atom is 0.181 e. The lowest BCUT2D eigenvalue weighted by Crippen LogP contribution is -2.62. The van der Waals surface area contributed by atoms with Gasteiger partial charge in [-0.15, -0.1) is 0 Å². The lowest BCUT2D eigenvalue weighted by Gasteiger charge is -2.54. The van der Waals surface area contributed by atoms with Crippen molar-refractivity contribution in [2.45, 2.75) is 33.2 Å². The van der Waals surface area contributed by atoms with Crippen LogP contribution in [0.1, 0.15) is 22.3 Å². The molecule has 0 atom stereocenters. The second-order valence-corrected chi connectivity index (χ2v) is 7.81. The smallest absolute Gasteiger partial charge is 0.181 e. The van der Waals surface area contributed by atoms with Crippen molar-refractivity contribution < 1.29 is 0 Å². The van der Waals surface area contributed by atoms with Crippen molar-refractivity contribution >= 4 is 17.1 Å². The fourth-order valence-corrected chi connectivity index (χ4v) is 4.57. The largest absolute Gasteiger partial charge is 0.337 e. The number of benzene rings is 3. The Morgan fingerprint density at radius 2 is 1.26 bits per heavy atom. The maximum absolute atomic E-state index is 2.55. The molecule has 3 aromatic rings. The zero-order chi connectivity index (χ0) is 18.5. The zero-order valence-corrected chi connectivity index (χ0v) is 16.2. The second kappa shape index (κ2) is 6.05.